The van der Waals surface area contributed by atoms with E-state index >= 15 is 0 Å². The minimum atomic E-state index is -0.418. The van der Waals surface area contributed by atoms with Gasteiger partial charge in [-0.25, -0.2) is 0 Å². The fraction of sp³-hybridized carbons (Fsp3) is 1.00. The second-order valence-electron chi connectivity index (χ2n) is 6.54. The Kier molecular flexibility index (Phi) is 3.65. The lowest BCUT2D eigenvalue weighted by molar-refractivity contribution is -0.129. The molecule has 1 unspecified atom stereocenters. The van der Waals surface area contributed by atoms with Crippen LogP contribution in [-0.2, 0) is 9.47 Å². The van der Waals surface area contributed by atoms with Crippen molar-refractivity contribution in [2.24, 2.45) is 11.3 Å². The van der Waals surface area contributed by atoms with Gasteiger partial charge in [-0.15, -0.1) is 0 Å². The summed E-state index contributed by atoms with van der Waals surface area (Å²) in [7, 11) is 0. The van der Waals surface area contributed by atoms with Crippen LogP contribution in [0.4, 0.5) is 0 Å². The minimum absolute atomic E-state index is 0.170. The summed E-state index contributed by atoms with van der Waals surface area (Å²) in [6.45, 7) is 3.46. The van der Waals surface area contributed by atoms with E-state index in [2.05, 4.69) is 0 Å². The minimum Gasteiger partial charge on any atom is -0.389 e. The van der Waals surface area contributed by atoms with Gasteiger partial charge in [0.05, 0.1) is 5.60 Å². The molecule has 1 aliphatic carbocycles. The first-order chi connectivity index (χ1) is 8.74. The smallest absolute Gasteiger partial charge is 0.0708 e. The van der Waals surface area contributed by atoms with E-state index in [0.717, 1.165) is 65.0 Å². The lowest BCUT2D eigenvalue weighted by Crippen LogP contribution is -2.48. The zero-order valence-corrected chi connectivity index (χ0v) is 11.3. The molecule has 2 saturated heterocycles. The molecule has 1 N–H and O–H groups in total. The summed E-state index contributed by atoms with van der Waals surface area (Å²) in [6.07, 6.45) is 8.79. The molecule has 104 valence electrons. The normalized spacial score (nSPS) is 37.2. The highest BCUT2D eigenvalue weighted by Crippen LogP contribution is 2.55. The molecule has 18 heavy (non-hydrogen) atoms. The van der Waals surface area contributed by atoms with Gasteiger partial charge in [0.1, 0.15) is 0 Å². The second kappa shape index (κ2) is 5.10. The molecular formula is C15H26O3. The van der Waals surface area contributed by atoms with Gasteiger partial charge >= 0.3 is 0 Å². The highest BCUT2D eigenvalue weighted by Gasteiger charge is 2.54. The average molecular weight is 254 g/mol. The Hall–Kier alpha value is -0.120. The van der Waals surface area contributed by atoms with Crippen molar-refractivity contribution in [2.75, 3.05) is 26.4 Å². The number of hydrogen-bond acceptors (Lipinski definition) is 3. The van der Waals surface area contributed by atoms with Crippen molar-refractivity contribution < 1.29 is 14.6 Å². The maximum atomic E-state index is 11.2. The van der Waals surface area contributed by atoms with Gasteiger partial charge in [0.2, 0.25) is 0 Å². The molecule has 1 spiro atoms. The molecule has 3 heteroatoms. The van der Waals surface area contributed by atoms with E-state index in [4.69, 9.17) is 9.47 Å². The summed E-state index contributed by atoms with van der Waals surface area (Å²) in [4.78, 5) is 0. The van der Waals surface area contributed by atoms with E-state index in [1.807, 2.05) is 0 Å². The first-order valence-electron chi connectivity index (χ1n) is 7.62. The van der Waals surface area contributed by atoms with E-state index < -0.39 is 5.60 Å². The molecule has 2 heterocycles. The average Bonchev–Trinajstić information content (AvgIpc) is 2.69. The van der Waals surface area contributed by atoms with Crippen LogP contribution in [0.3, 0.4) is 0 Å². The summed E-state index contributed by atoms with van der Waals surface area (Å²) < 4.78 is 10.9. The Balaban J connectivity index is 1.70. The largest absolute Gasteiger partial charge is 0.389 e. The maximum absolute atomic E-state index is 11.2. The molecule has 0 bridgehead atoms. The van der Waals surface area contributed by atoms with Gasteiger partial charge in [-0.3, -0.25) is 0 Å². The van der Waals surface area contributed by atoms with E-state index in [1.165, 1.54) is 12.8 Å². The highest BCUT2D eigenvalue weighted by atomic mass is 16.5. The van der Waals surface area contributed by atoms with E-state index in [9.17, 15) is 5.11 Å². The zero-order chi connectivity index (χ0) is 12.5. The Bertz CT molecular complexity index is 279. The van der Waals surface area contributed by atoms with Crippen LogP contribution in [0.2, 0.25) is 0 Å². The first-order valence-corrected chi connectivity index (χ1v) is 7.62. The second-order valence-corrected chi connectivity index (χ2v) is 6.54. The van der Waals surface area contributed by atoms with E-state index in [1.54, 1.807) is 0 Å². The summed E-state index contributed by atoms with van der Waals surface area (Å²) in [5.74, 6) is 0.668. The fourth-order valence-corrected chi connectivity index (χ4v) is 4.44. The summed E-state index contributed by atoms with van der Waals surface area (Å²) in [6, 6.07) is 0. The van der Waals surface area contributed by atoms with Gasteiger partial charge in [-0.05, 0) is 57.3 Å². The monoisotopic (exact) mass is 254 g/mol. The summed E-state index contributed by atoms with van der Waals surface area (Å²) >= 11 is 0. The molecular weight excluding hydrogens is 228 g/mol. The number of hydrogen-bond donors (Lipinski definition) is 1. The van der Waals surface area contributed by atoms with Gasteiger partial charge in [0, 0.05) is 31.8 Å². The number of rotatable bonds is 2. The van der Waals surface area contributed by atoms with Crippen molar-refractivity contribution in [3.63, 3.8) is 0 Å². The van der Waals surface area contributed by atoms with E-state index in [-0.39, 0.29) is 5.41 Å². The van der Waals surface area contributed by atoms with Crippen molar-refractivity contribution in [2.45, 2.75) is 57.0 Å². The van der Waals surface area contributed by atoms with Gasteiger partial charge in [0.25, 0.3) is 0 Å². The molecule has 0 amide bonds. The quantitative estimate of drug-likeness (QED) is 0.823. The Morgan fingerprint density at radius 3 is 2.28 bits per heavy atom. The van der Waals surface area contributed by atoms with Crippen molar-refractivity contribution in [3.05, 3.63) is 0 Å². The van der Waals surface area contributed by atoms with Gasteiger partial charge in [0.15, 0.2) is 0 Å². The molecule has 3 rings (SSSR count). The number of ether oxygens (including phenoxy) is 2. The standard InChI is InChI=1S/C15H26O3/c16-15(12-13-2-8-17-9-3-13)5-1-4-14(15)6-10-18-11-7-14/h13,16H,1-12H2. The molecule has 0 aromatic heterocycles. The molecule has 3 nitrogen and oxygen atoms in total. The topological polar surface area (TPSA) is 38.7 Å². The molecule has 0 aromatic rings. The molecule has 0 aromatic carbocycles. The van der Waals surface area contributed by atoms with E-state index in [0.29, 0.717) is 5.92 Å². The van der Waals surface area contributed by atoms with Crippen LogP contribution in [0.1, 0.15) is 51.4 Å². The van der Waals surface area contributed by atoms with Crippen molar-refractivity contribution in [1.29, 1.82) is 0 Å². The third-order valence-electron chi connectivity index (χ3n) is 5.65. The van der Waals surface area contributed by atoms with Crippen LogP contribution in [-0.4, -0.2) is 37.1 Å². The predicted octanol–water partition coefficient (Wildman–Crippen LogP) is 2.51. The maximum Gasteiger partial charge on any atom is 0.0708 e. The molecule has 3 aliphatic rings. The van der Waals surface area contributed by atoms with Crippen LogP contribution < -0.4 is 0 Å². The van der Waals surface area contributed by atoms with Crippen molar-refractivity contribution in [3.8, 4) is 0 Å². The third-order valence-corrected chi connectivity index (χ3v) is 5.65. The lowest BCUT2D eigenvalue weighted by Gasteiger charge is -2.47. The first kappa shape index (κ1) is 12.9. The predicted molar refractivity (Wildman–Crippen MR) is 69.4 cm³/mol. The molecule has 0 radical (unpaired) electrons. The SMILES string of the molecule is OC1(CC2CCOCC2)CCCC12CCOCC2. The van der Waals surface area contributed by atoms with Crippen LogP contribution in [0, 0.1) is 11.3 Å². The third kappa shape index (κ3) is 2.21. The summed E-state index contributed by atoms with van der Waals surface area (Å²) in [5, 5.41) is 11.2. The van der Waals surface area contributed by atoms with Crippen LogP contribution in [0.5, 0.6) is 0 Å². The molecule has 1 atom stereocenters. The number of aliphatic hydroxyl groups is 1. The van der Waals surface area contributed by atoms with Gasteiger partial charge in [-0.2, -0.15) is 0 Å². The van der Waals surface area contributed by atoms with Crippen LogP contribution >= 0.6 is 0 Å². The Labute approximate surface area is 110 Å². The van der Waals surface area contributed by atoms with Crippen LogP contribution in [0.15, 0.2) is 0 Å². The fourth-order valence-electron chi connectivity index (χ4n) is 4.44. The Morgan fingerprint density at radius 2 is 1.56 bits per heavy atom. The molecule has 2 aliphatic heterocycles. The van der Waals surface area contributed by atoms with Crippen LogP contribution in [0.25, 0.3) is 0 Å². The lowest BCUT2D eigenvalue weighted by atomic mass is 9.65. The Morgan fingerprint density at radius 1 is 0.889 bits per heavy atom. The molecule has 3 fully saturated rings. The van der Waals surface area contributed by atoms with Gasteiger partial charge < -0.3 is 14.6 Å². The van der Waals surface area contributed by atoms with Gasteiger partial charge in [-0.1, -0.05) is 0 Å². The summed E-state index contributed by atoms with van der Waals surface area (Å²) in [5.41, 5.74) is -0.248. The van der Waals surface area contributed by atoms with Crippen molar-refractivity contribution >= 4 is 0 Å². The molecule has 1 saturated carbocycles. The van der Waals surface area contributed by atoms with Crippen molar-refractivity contribution in [1.82, 2.24) is 0 Å². The highest BCUT2D eigenvalue weighted by molar-refractivity contribution is 5.05. The zero-order valence-electron chi connectivity index (χ0n) is 11.3.